The first-order valence-electron chi connectivity index (χ1n) is 8.59. The fraction of sp³-hybridized carbons (Fsp3) is 0.529. The molecule has 0 atom stereocenters. The molecule has 0 aromatic heterocycles. The van der Waals surface area contributed by atoms with Crippen molar-refractivity contribution < 1.29 is 19.2 Å². The van der Waals surface area contributed by atoms with Crippen LogP contribution in [0.3, 0.4) is 0 Å². The SMILES string of the molecule is CC(C)COC(=O)N1CCCN(C(=O)Nc2cccc([N+](=O)[O-])c2)CC1. The number of nitro groups is 1. The van der Waals surface area contributed by atoms with Gasteiger partial charge >= 0.3 is 12.1 Å². The van der Waals surface area contributed by atoms with Gasteiger partial charge in [-0.2, -0.15) is 0 Å². The van der Waals surface area contributed by atoms with Gasteiger partial charge in [0.1, 0.15) is 0 Å². The minimum atomic E-state index is -0.512. The first kappa shape index (κ1) is 19.5. The van der Waals surface area contributed by atoms with E-state index in [0.717, 1.165) is 0 Å². The van der Waals surface area contributed by atoms with Crippen LogP contribution in [0, 0.1) is 16.0 Å². The summed E-state index contributed by atoms with van der Waals surface area (Å²) in [7, 11) is 0. The second-order valence-corrected chi connectivity index (χ2v) is 6.54. The molecule has 1 N–H and O–H groups in total. The van der Waals surface area contributed by atoms with E-state index in [4.69, 9.17) is 4.74 Å². The smallest absolute Gasteiger partial charge is 0.409 e. The normalized spacial score (nSPS) is 14.7. The van der Waals surface area contributed by atoms with Crippen molar-refractivity contribution in [1.29, 1.82) is 0 Å². The van der Waals surface area contributed by atoms with Gasteiger partial charge in [0.2, 0.25) is 0 Å². The molecule has 1 aliphatic rings. The van der Waals surface area contributed by atoms with Crippen molar-refractivity contribution in [3.05, 3.63) is 34.4 Å². The molecule has 9 heteroatoms. The van der Waals surface area contributed by atoms with E-state index in [-0.39, 0.29) is 23.7 Å². The number of carbonyl (C=O) groups is 2. The Labute approximate surface area is 152 Å². The van der Waals surface area contributed by atoms with Crippen LogP contribution in [0.4, 0.5) is 21.0 Å². The molecule has 1 heterocycles. The van der Waals surface area contributed by atoms with Crippen LogP contribution in [-0.2, 0) is 4.74 Å². The highest BCUT2D eigenvalue weighted by Gasteiger charge is 2.23. The van der Waals surface area contributed by atoms with Gasteiger partial charge in [0.15, 0.2) is 0 Å². The van der Waals surface area contributed by atoms with Gasteiger partial charge in [-0.3, -0.25) is 10.1 Å². The number of hydrogen-bond donors (Lipinski definition) is 1. The van der Waals surface area contributed by atoms with E-state index >= 15 is 0 Å². The molecule has 0 spiro atoms. The Morgan fingerprint density at radius 2 is 1.92 bits per heavy atom. The number of ether oxygens (including phenoxy) is 1. The molecule has 142 valence electrons. The summed E-state index contributed by atoms with van der Waals surface area (Å²) in [6, 6.07) is 5.44. The second-order valence-electron chi connectivity index (χ2n) is 6.54. The van der Waals surface area contributed by atoms with Crippen LogP contribution in [0.1, 0.15) is 20.3 Å². The Kier molecular flexibility index (Phi) is 6.76. The lowest BCUT2D eigenvalue weighted by Crippen LogP contribution is -2.39. The van der Waals surface area contributed by atoms with Crippen LogP contribution in [0.2, 0.25) is 0 Å². The minimum absolute atomic E-state index is 0.0854. The zero-order valence-corrected chi connectivity index (χ0v) is 15.0. The van der Waals surface area contributed by atoms with Gasteiger partial charge < -0.3 is 19.9 Å². The number of nitrogens with one attached hydrogen (secondary N) is 1. The summed E-state index contributed by atoms with van der Waals surface area (Å²) in [5.74, 6) is 0.267. The molecular formula is C17H24N4O5. The van der Waals surface area contributed by atoms with Gasteiger partial charge in [-0.05, 0) is 18.4 Å². The largest absolute Gasteiger partial charge is 0.449 e. The van der Waals surface area contributed by atoms with Gasteiger partial charge in [-0.15, -0.1) is 0 Å². The predicted octanol–water partition coefficient (Wildman–Crippen LogP) is 2.93. The number of nitro benzene ring substituents is 1. The standard InChI is InChI=1S/C17H24N4O5/c1-13(2)12-26-17(23)20-8-4-7-19(9-10-20)16(22)18-14-5-3-6-15(11-14)21(24)25/h3,5-6,11,13H,4,7-10,12H2,1-2H3,(H,18,22). The summed E-state index contributed by atoms with van der Waals surface area (Å²) in [5.41, 5.74) is 0.277. The van der Waals surface area contributed by atoms with Crippen molar-refractivity contribution in [3.8, 4) is 0 Å². The highest BCUT2D eigenvalue weighted by Crippen LogP contribution is 2.18. The molecule has 0 bridgehead atoms. The average Bonchev–Trinajstić information content (AvgIpc) is 2.86. The zero-order valence-electron chi connectivity index (χ0n) is 15.0. The fourth-order valence-corrected chi connectivity index (χ4v) is 2.53. The average molecular weight is 364 g/mol. The van der Waals surface area contributed by atoms with Crippen molar-refractivity contribution in [2.45, 2.75) is 20.3 Å². The molecule has 1 saturated heterocycles. The number of anilines is 1. The number of rotatable bonds is 4. The van der Waals surface area contributed by atoms with E-state index in [1.165, 1.54) is 18.2 Å². The maximum atomic E-state index is 12.4. The molecule has 1 aliphatic heterocycles. The highest BCUT2D eigenvalue weighted by atomic mass is 16.6. The van der Waals surface area contributed by atoms with Crippen molar-refractivity contribution in [2.75, 3.05) is 38.1 Å². The van der Waals surface area contributed by atoms with Gasteiger partial charge in [0.05, 0.1) is 11.5 Å². The molecular weight excluding hydrogens is 340 g/mol. The minimum Gasteiger partial charge on any atom is -0.449 e. The third-order valence-corrected chi connectivity index (χ3v) is 3.89. The topological polar surface area (TPSA) is 105 Å². The number of carbonyl (C=O) groups excluding carboxylic acids is 2. The Hall–Kier alpha value is -2.84. The molecule has 1 aromatic rings. The van der Waals surface area contributed by atoms with Gasteiger partial charge in [-0.25, -0.2) is 9.59 Å². The Morgan fingerprint density at radius 3 is 2.62 bits per heavy atom. The van der Waals surface area contributed by atoms with Crippen LogP contribution < -0.4 is 5.32 Å². The molecule has 9 nitrogen and oxygen atoms in total. The lowest BCUT2D eigenvalue weighted by molar-refractivity contribution is -0.384. The van der Waals surface area contributed by atoms with Crippen LogP contribution in [0.5, 0.6) is 0 Å². The molecule has 2 rings (SSSR count). The summed E-state index contributed by atoms with van der Waals surface area (Å²) >= 11 is 0. The zero-order chi connectivity index (χ0) is 19.1. The highest BCUT2D eigenvalue weighted by molar-refractivity contribution is 5.89. The van der Waals surface area contributed by atoms with E-state index in [0.29, 0.717) is 44.9 Å². The van der Waals surface area contributed by atoms with Crippen molar-refractivity contribution in [2.24, 2.45) is 5.92 Å². The Bertz CT molecular complexity index is 664. The predicted molar refractivity (Wildman–Crippen MR) is 96.1 cm³/mol. The lowest BCUT2D eigenvalue weighted by atomic mass is 10.2. The summed E-state index contributed by atoms with van der Waals surface area (Å²) in [6.07, 6.45) is 0.277. The van der Waals surface area contributed by atoms with E-state index in [9.17, 15) is 19.7 Å². The number of urea groups is 1. The summed E-state index contributed by atoms with van der Waals surface area (Å²) in [6.45, 7) is 6.08. The maximum Gasteiger partial charge on any atom is 0.409 e. The van der Waals surface area contributed by atoms with Crippen molar-refractivity contribution >= 4 is 23.5 Å². The van der Waals surface area contributed by atoms with Gasteiger partial charge in [0.25, 0.3) is 5.69 Å². The molecule has 26 heavy (non-hydrogen) atoms. The monoisotopic (exact) mass is 364 g/mol. The van der Waals surface area contributed by atoms with Gasteiger partial charge in [0, 0.05) is 44.0 Å². The number of amides is 3. The van der Waals surface area contributed by atoms with Crippen LogP contribution in [0.25, 0.3) is 0 Å². The van der Waals surface area contributed by atoms with Crippen molar-refractivity contribution in [3.63, 3.8) is 0 Å². The molecule has 0 unspecified atom stereocenters. The van der Waals surface area contributed by atoms with Crippen LogP contribution in [0.15, 0.2) is 24.3 Å². The maximum absolute atomic E-state index is 12.4. The summed E-state index contributed by atoms with van der Waals surface area (Å²) in [5, 5.41) is 13.5. The number of non-ortho nitro benzene ring substituents is 1. The third kappa shape index (κ3) is 5.61. The molecule has 1 fully saturated rings. The molecule has 0 aliphatic carbocycles. The Morgan fingerprint density at radius 1 is 1.23 bits per heavy atom. The van der Waals surface area contributed by atoms with Crippen molar-refractivity contribution in [1.82, 2.24) is 9.80 Å². The van der Waals surface area contributed by atoms with Crippen LogP contribution in [-0.4, -0.2) is 59.6 Å². The quantitative estimate of drug-likeness (QED) is 0.653. The Balaban J connectivity index is 1.90. The lowest BCUT2D eigenvalue weighted by Gasteiger charge is -2.22. The number of nitrogens with zero attached hydrogens (tertiary/aromatic N) is 3. The van der Waals surface area contributed by atoms with Gasteiger partial charge in [-0.1, -0.05) is 19.9 Å². The van der Waals surface area contributed by atoms with Crippen LogP contribution >= 0.6 is 0 Å². The third-order valence-electron chi connectivity index (χ3n) is 3.89. The van der Waals surface area contributed by atoms with E-state index in [2.05, 4.69) is 5.32 Å². The molecule has 0 saturated carbocycles. The molecule has 3 amide bonds. The van der Waals surface area contributed by atoms with E-state index in [1.807, 2.05) is 13.8 Å². The number of benzene rings is 1. The second kappa shape index (κ2) is 9.02. The number of hydrogen-bond acceptors (Lipinski definition) is 5. The van der Waals surface area contributed by atoms with E-state index in [1.54, 1.807) is 15.9 Å². The molecule has 0 radical (unpaired) electrons. The summed E-state index contributed by atoms with van der Waals surface area (Å²) in [4.78, 5) is 37.9. The first-order valence-corrected chi connectivity index (χ1v) is 8.59. The molecule has 1 aromatic carbocycles. The summed E-state index contributed by atoms with van der Waals surface area (Å²) < 4.78 is 5.23. The van der Waals surface area contributed by atoms with E-state index < -0.39 is 4.92 Å². The first-order chi connectivity index (χ1) is 12.4. The fourth-order valence-electron chi connectivity index (χ4n) is 2.53.